The summed E-state index contributed by atoms with van der Waals surface area (Å²) in [7, 11) is 0. The van der Waals surface area contributed by atoms with Crippen LogP contribution in [-0.2, 0) is 6.42 Å². The minimum atomic E-state index is 0.219. The average Bonchev–Trinajstić information content (AvgIpc) is 2.97. The Morgan fingerprint density at radius 3 is 2.48 bits per heavy atom. The molecule has 1 aromatic carbocycles. The van der Waals surface area contributed by atoms with Crippen molar-refractivity contribution >= 4 is 11.3 Å². The summed E-state index contributed by atoms with van der Waals surface area (Å²) in [4.78, 5) is 1.42. The highest BCUT2D eigenvalue weighted by Crippen LogP contribution is 2.23. The molecule has 0 bridgehead atoms. The predicted molar refractivity (Wildman–Crippen MR) is 91.3 cm³/mol. The normalized spacial score (nSPS) is 12.6. The lowest BCUT2D eigenvalue weighted by molar-refractivity contribution is 0.242. The van der Waals surface area contributed by atoms with Gasteiger partial charge in [-0.3, -0.25) is 0 Å². The molecule has 0 amide bonds. The van der Waals surface area contributed by atoms with E-state index in [0.717, 1.165) is 25.1 Å². The zero-order valence-corrected chi connectivity index (χ0v) is 14.0. The maximum absolute atomic E-state index is 5.72. The third-order valence-corrected chi connectivity index (χ3v) is 4.18. The number of benzene rings is 1. The summed E-state index contributed by atoms with van der Waals surface area (Å²) in [5.74, 6) is 0.944. The Labute approximate surface area is 132 Å². The summed E-state index contributed by atoms with van der Waals surface area (Å²) in [6, 6.07) is 13.2. The zero-order valence-electron chi connectivity index (χ0n) is 13.1. The summed E-state index contributed by atoms with van der Waals surface area (Å²) in [5.41, 5.74) is 1.33. The first-order valence-corrected chi connectivity index (χ1v) is 8.59. The zero-order chi connectivity index (χ0) is 15.1. The van der Waals surface area contributed by atoms with Gasteiger partial charge in [-0.25, -0.2) is 0 Å². The first kappa shape index (κ1) is 16.1. The molecule has 1 unspecified atom stereocenters. The molecule has 1 atom stereocenters. The Bertz CT molecular complexity index is 505. The van der Waals surface area contributed by atoms with Gasteiger partial charge in [0.1, 0.15) is 5.75 Å². The van der Waals surface area contributed by atoms with E-state index < -0.39 is 0 Å². The van der Waals surface area contributed by atoms with Gasteiger partial charge in [0.05, 0.1) is 6.10 Å². The molecule has 2 nitrogen and oxygen atoms in total. The molecular weight excluding hydrogens is 278 g/mol. The number of rotatable bonds is 8. The maximum atomic E-state index is 5.72. The Hall–Kier alpha value is -1.32. The summed E-state index contributed by atoms with van der Waals surface area (Å²) in [6.45, 7) is 7.35. The molecule has 0 saturated heterocycles. The molecule has 21 heavy (non-hydrogen) atoms. The number of nitrogens with one attached hydrogen (secondary N) is 1. The fourth-order valence-corrected chi connectivity index (χ4v) is 3.06. The van der Waals surface area contributed by atoms with Crippen LogP contribution >= 0.6 is 11.3 Å². The van der Waals surface area contributed by atoms with Gasteiger partial charge in [-0.2, -0.15) is 0 Å². The molecular formula is C18H25NOS. The third-order valence-electron chi connectivity index (χ3n) is 3.28. The smallest absolute Gasteiger partial charge is 0.119 e. The van der Waals surface area contributed by atoms with Gasteiger partial charge in [0.15, 0.2) is 0 Å². The van der Waals surface area contributed by atoms with Crippen molar-refractivity contribution < 1.29 is 4.74 Å². The van der Waals surface area contributed by atoms with Crippen LogP contribution in [0.3, 0.4) is 0 Å². The molecule has 0 aliphatic carbocycles. The lowest BCUT2D eigenvalue weighted by Gasteiger charge is -2.19. The van der Waals surface area contributed by atoms with Crippen molar-refractivity contribution in [2.45, 2.75) is 45.8 Å². The largest absolute Gasteiger partial charge is 0.491 e. The molecule has 0 fully saturated rings. The van der Waals surface area contributed by atoms with Crippen LogP contribution in [0.5, 0.6) is 5.75 Å². The monoisotopic (exact) mass is 303 g/mol. The van der Waals surface area contributed by atoms with Crippen molar-refractivity contribution in [3.63, 3.8) is 0 Å². The van der Waals surface area contributed by atoms with Gasteiger partial charge in [-0.1, -0.05) is 25.1 Å². The highest BCUT2D eigenvalue weighted by atomic mass is 32.1. The van der Waals surface area contributed by atoms with Crippen LogP contribution in [0.4, 0.5) is 0 Å². The molecule has 0 spiro atoms. The average molecular weight is 303 g/mol. The van der Waals surface area contributed by atoms with Crippen LogP contribution in [0, 0.1) is 0 Å². The number of ether oxygens (including phenoxy) is 1. The summed E-state index contributed by atoms with van der Waals surface area (Å²) in [5, 5.41) is 5.79. The van der Waals surface area contributed by atoms with Crippen molar-refractivity contribution in [1.82, 2.24) is 5.32 Å². The first-order chi connectivity index (χ1) is 10.2. The van der Waals surface area contributed by atoms with E-state index in [-0.39, 0.29) is 6.10 Å². The standard InChI is InChI=1S/C18H25NOS/c1-4-11-19-18(13-17-6-5-12-21-17)15-7-9-16(10-8-15)20-14(2)3/h5-10,12,14,18-19H,4,11,13H2,1-3H3. The highest BCUT2D eigenvalue weighted by molar-refractivity contribution is 7.09. The second-order valence-corrected chi connectivity index (χ2v) is 6.56. The van der Waals surface area contributed by atoms with Crippen molar-refractivity contribution in [2.75, 3.05) is 6.54 Å². The van der Waals surface area contributed by atoms with E-state index in [4.69, 9.17) is 4.74 Å². The number of hydrogen-bond donors (Lipinski definition) is 1. The summed E-state index contributed by atoms with van der Waals surface area (Å²) >= 11 is 1.83. The van der Waals surface area contributed by atoms with Crippen molar-refractivity contribution in [3.8, 4) is 5.75 Å². The molecule has 0 aliphatic heterocycles. The number of thiophene rings is 1. The number of hydrogen-bond acceptors (Lipinski definition) is 3. The fraction of sp³-hybridized carbons (Fsp3) is 0.444. The van der Waals surface area contributed by atoms with Gasteiger partial charge >= 0.3 is 0 Å². The Morgan fingerprint density at radius 2 is 1.90 bits per heavy atom. The molecule has 1 heterocycles. The molecule has 1 aromatic heterocycles. The van der Waals surface area contributed by atoms with E-state index in [0.29, 0.717) is 6.04 Å². The van der Waals surface area contributed by atoms with Gasteiger partial charge in [0.2, 0.25) is 0 Å². The summed E-state index contributed by atoms with van der Waals surface area (Å²) in [6.07, 6.45) is 2.41. The Kier molecular flexibility index (Phi) is 6.27. The predicted octanol–water partition coefficient (Wildman–Crippen LogP) is 4.82. The second-order valence-electron chi connectivity index (χ2n) is 5.53. The van der Waals surface area contributed by atoms with Gasteiger partial charge in [0.25, 0.3) is 0 Å². The van der Waals surface area contributed by atoms with Gasteiger partial charge in [-0.15, -0.1) is 11.3 Å². The van der Waals surface area contributed by atoms with Crippen LogP contribution in [0.1, 0.15) is 43.7 Å². The van der Waals surface area contributed by atoms with E-state index in [1.165, 1.54) is 10.4 Å². The van der Waals surface area contributed by atoms with Crippen LogP contribution < -0.4 is 10.1 Å². The molecule has 0 saturated carbocycles. The first-order valence-electron chi connectivity index (χ1n) is 7.71. The van der Waals surface area contributed by atoms with E-state index >= 15 is 0 Å². The van der Waals surface area contributed by atoms with Gasteiger partial charge < -0.3 is 10.1 Å². The SMILES string of the molecule is CCCNC(Cc1cccs1)c1ccc(OC(C)C)cc1. The Balaban J connectivity index is 2.08. The molecule has 114 valence electrons. The van der Waals surface area contributed by atoms with E-state index in [1.54, 1.807) is 0 Å². The van der Waals surface area contributed by atoms with Gasteiger partial charge in [0, 0.05) is 17.3 Å². The van der Waals surface area contributed by atoms with Crippen molar-refractivity contribution in [3.05, 3.63) is 52.2 Å². The van der Waals surface area contributed by atoms with Crippen LogP contribution in [0.2, 0.25) is 0 Å². The minimum Gasteiger partial charge on any atom is -0.491 e. The molecule has 0 radical (unpaired) electrons. The van der Waals surface area contributed by atoms with Crippen molar-refractivity contribution in [1.29, 1.82) is 0 Å². The topological polar surface area (TPSA) is 21.3 Å². The van der Waals surface area contributed by atoms with E-state index in [9.17, 15) is 0 Å². The maximum Gasteiger partial charge on any atom is 0.119 e. The van der Waals surface area contributed by atoms with Crippen LogP contribution in [0.25, 0.3) is 0 Å². The summed E-state index contributed by atoms with van der Waals surface area (Å²) < 4.78 is 5.72. The highest BCUT2D eigenvalue weighted by Gasteiger charge is 2.12. The second kappa shape index (κ2) is 8.20. The molecule has 3 heteroatoms. The Morgan fingerprint density at radius 1 is 1.14 bits per heavy atom. The van der Waals surface area contributed by atoms with E-state index in [2.05, 4.69) is 67.9 Å². The molecule has 2 rings (SSSR count). The fourth-order valence-electron chi connectivity index (χ4n) is 2.31. The molecule has 2 aromatic rings. The minimum absolute atomic E-state index is 0.219. The quantitative estimate of drug-likeness (QED) is 0.755. The van der Waals surface area contributed by atoms with Crippen LogP contribution in [0.15, 0.2) is 41.8 Å². The third kappa shape index (κ3) is 5.18. The molecule has 0 aliphatic rings. The van der Waals surface area contributed by atoms with Crippen molar-refractivity contribution in [2.24, 2.45) is 0 Å². The van der Waals surface area contributed by atoms with Gasteiger partial charge in [-0.05, 0) is 56.0 Å². The van der Waals surface area contributed by atoms with E-state index in [1.807, 2.05) is 11.3 Å². The lowest BCUT2D eigenvalue weighted by Crippen LogP contribution is -2.23. The van der Waals surface area contributed by atoms with Crippen LogP contribution in [-0.4, -0.2) is 12.6 Å². The lowest BCUT2D eigenvalue weighted by atomic mass is 10.0. The molecule has 1 N–H and O–H groups in total.